The van der Waals surface area contributed by atoms with Crippen LogP contribution in [0.3, 0.4) is 0 Å². The third kappa shape index (κ3) is 6.13. The van der Waals surface area contributed by atoms with Crippen LogP contribution in [0, 0.1) is 5.92 Å². The van der Waals surface area contributed by atoms with Crippen molar-refractivity contribution in [2.75, 3.05) is 21.3 Å². The largest absolute Gasteiger partial charge is 0.497 e. The molecule has 1 aliphatic heterocycles. The van der Waals surface area contributed by atoms with E-state index in [0.717, 1.165) is 17.9 Å². The summed E-state index contributed by atoms with van der Waals surface area (Å²) in [7, 11) is 4.24. The molecule has 2 aromatic heterocycles. The van der Waals surface area contributed by atoms with Crippen molar-refractivity contribution < 1.29 is 33.0 Å². The van der Waals surface area contributed by atoms with Crippen molar-refractivity contribution in [2.45, 2.75) is 13.0 Å². The minimum absolute atomic E-state index is 0.00485. The molecule has 0 saturated carbocycles. The SMILES string of the molecule is COC(=O)C(Cc1coc(-c2ccc(OC)cc2)n1)C(=O)c1ncccc1OC.c1cc2cc(c1)OC2. The highest BCUT2D eigenvalue weighted by atomic mass is 16.5. The average Bonchev–Trinajstić information content (AvgIpc) is 3.56. The van der Waals surface area contributed by atoms with E-state index in [2.05, 4.69) is 22.1 Å². The Labute approximate surface area is 214 Å². The van der Waals surface area contributed by atoms with E-state index in [4.69, 9.17) is 23.4 Å². The second-order valence-electron chi connectivity index (χ2n) is 8.01. The number of ketones is 1. The Hall–Kier alpha value is -4.66. The maximum atomic E-state index is 13.0. The summed E-state index contributed by atoms with van der Waals surface area (Å²) in [6.45, 7) is 0.766. The van der Waals surface area contributed by atoms with E-state index in [1.807, 2.05) is 12.1 Å². The normalized spacial score (nSPS) is 12.0. The summed E-state index contributed by atoms with van der Waals surface area (Å²) in [4.78, 5) is 33.7. The molecule has 5 rings (SSSR count). The van der Waals surface area contributed by atoms with Gasteiger partial charge in [0.25, 0.3) is 0 Å². The van der Waals surface area contributed by atoms with Gasteiger partial charge in [0.1, 0.15) is 41.7 Å². The van der Waals surface area contributed by atoms with E-state index in [-0.39, 0.29) is 17.9 Å². The molecule has 0 N–H and O–H groups in total. The van der Waals surface area contributed by atoms with Crippen LogP contribution in [0.1, 0.15) is 21.7 Å². The molecule has 0 spiro atoms. The lowest BCUT2D eigenvalue weighted by atomic mass is 9.95. The predicted octanol–water partition coefficient (Wildman–Crippen LogP) is 4.55. The summed E-state index contributed by atoms with van der Waals surface area (Å²) in [5.74, 6) is 0.0425. The van der Waals surface area contributed by atoms with Gasteiger partial charge in [-0.2, -0.15) is 0 Å². The fraction of sp³-hybridized carbons (Fsp3) is 0.214. The van der Waals surface area contributed by atoms with Crippen LogP contribution in [0.2, 0.25) is 0 Å². The molecule has 37 heavy (non-hydrogen) atoms. The zero-order chi connectivity index (χ0) is 26.2. The Morgan fingerprint density at radius 2 is 1.81 bits per heavy atom. The van der Waals surface area contributed by atoms with Gasteiger partial charge in [0.2, 0.25) is 5.89 Å². The molecule has 1 atom stereocenters. The molecule has 1 aliphatic rings. The molecule has 2 bridgehead atoms. The van der Waals surface area contributed by atoms with Crippen molar-refractivity contribution in [3.63, 3.8) is 0 Å². The van der Waals surface area contributed by atoms with E-state index in [1.54, 1.807) is 43.5 Å². The fourth-order valence-electron chi connectivity index (χ4n) is 3.70. The number of rotatable bonds is 8. The maximum absolute atomic E-state index is 13.0. The summed E-state index contributed by atoms with van der Waals surface area (Å²) < 4.78 is 25.8. The number of ether oxygens (including phenoxy) is 4. The van der Waals surface area contributed by atoms with Crippen molar-refractivity contribution >= 4 is 11.8 Å². The van der Waals surface area contributed by atoms with E-state index in [1.165, 1.54) is 32.2 Å². The smallest absolute Gasteiger partial charge is 0.317 e. The summed E-state index contributed by atoms with van der Waals surface area (Å²) >= 11 is 0. The van der Waals surface area contributed by atoms with Crippen LogP contribution in [-0.4, -0.2) is 43.0 Å². The molecule has 0 radical (unpaired) electrons. The zero-order valence-electron chi connectivity index (χ0n) is 20.7. The van der Waals surface area contributed by atoms with Gasteiger partial charge in [-0.1, -0.05) is 12.1 Å². The van der Waals surface area contributed by atoms with Crippen LogP contribution in [0.15, 0.2) is 77.5 Å². The molecule has 4 aromatic rings. The maximum Gasteiger partial charge on any atom is 0.317 e. The average molecular weight is 503 g/mol. The second kappa shape index (κ2) is 11.9. The minimum atomic E-state index is -1.13. The third-order valence-electron chi connectivity index (χ3n) is 5.63. The predicted molar refractivity (Wildman–Crippen MR) is 134 cm³/mol. The van der Waals surface area contributed by atoms with Crippen molar-refractivity contribution in [3.05, 3.63) is 90.1 Å². The molecule has 1 unspecified atom stereocenters. The molecule has 0 saturated heterocycles. The first-order valence-corrected chi connectivity index (χ1v) is 11.4. The number of aromatic nitrogens is 2. The number of fused-ring (bicyclic) bond motifs is 2. The van der Waals surface area contributed by atoms with E-state index in [9.17, 15) is 9.59 Å². The van der Waals surface area contributed by atoms with Gasteiger partial charge in [0.15, 0.2) is 5.78 Å². The standard InChI is InChI=1S/C21H20N2O6.C7H6O/c1-26-15-8-6-13(7-9-15)20-23-14(12-29-20)11-16(21(25)28-3)19(24)18-17(27-2)5-4-10-22-18;1-2-6-4-7(3-1)8-5-6/h4-10,12,16H,11H2,1-3H3;1-4H,5H2. The summed E-state index contributed by atoms with van der Waals surface area (Å²) in [5, 5.41) is 0. The number of benzene rings is 2. The summed E-state index contributed by atoms with van der Waals surface area (Å²) in [5.41, 5.74) is 2.52. The molecule has 0 fully saturated rings. The third-order valence-corrected chi connectivity index (χ3v) is 5.63. The monoisotopic (exact) mass is 502 g/mol. The number of nitrogens with zero attached hydrogens (tertiary/aromatic N) is 2. The van der Waals surface area contributed by atoms with Gasteiger partial charge in [0.05, 0.1) is 27.0 Å². The first-order valence-electron chi connectivity index (χ1n) is 11.4. The highest BCUT2D eigenvalue weighted by Gasteiger charge is 2.32. The molecule has 9 nitrogen and oxygen atoms in total. The molecular weight excluding hydrogens is 476 g/mol. The van der Waals surface area contributed by atoms with Gasteiger partial charge >= 0.3 is 5.97 Å². The van der Waals surface area contributed by atoms with Crippen LogP contribution in [-0.2, 0) is 22.6 Å². The number of Topliss-reactive ketones (excluding diaryl/α,β-unsaturated/α-hetero) is 1. The van der Waals surface area contributed by atoms with Crippen molar-refractivity contribution in [2.24, 2.45) is 5.92 Å². The fourth-order valence-corrected chi connectivity index (χ4v) is 3.70. The van der Waals surface area contributed by atoms with Crippen LogP contribution < -0.4 is 14.2 Å². The first kappa shape index (κ1) is 25.4. The highest BCUT2D eigenvalue weighted by molar-refractivity contribution is 6.09. The quantitative estimate of drug-likeness (QED) is 0.195. The Morgan fingerprint density at radius 1 is 1.00 bits per heavy atom. The molecule has 190 valence electrons. The Morgan fingerprint density at radius 3 is 2.49 bits per heavy atom. The molecule has 0 amide bonds. The number of hydrogen-bond acceptors (Lipinski definition) is 9. The second-order valence-corrected chi connectivity index (χ2v) is 8.01. The van der Waals surface area contributed by atoms with Gasteiger partial charge in [-0.25, -0.2) is 9.97 Å². The lowest BCUT2D eigenvalue weighted by Gasteiger charge is -2.13. The van der Waals surface area contributed by atoms with Crippen molar-refractivity contribution in [1.29, 1.82) is 0 Å². The van der Waals surface area contributed by atoms with Crippen LogP contribution >= 0.6 is 0 Å². The van der Waals surface area contributed by atoms with Crippen LogP contribution in [0.4, 0.5) is 0 Å². The topological polar surface area (TPSA) is 110 Å². The molecule has 3 heterocycles. The number of pyridine rings is 1. The van der Waals surface area contributed by atoms with E-state index < -0.39 is 17.7 Å². The van der Waals surface area contributed by atoms with E-state index >= 15 is 0 Å². The number of carbonyl (C=O) groups excluding carboxylic acids is 2. The number of oxazole rings is 1. The first-order chi connectivity index (χ1) is 18.0. The van der Waals surface area contributed by atoms with Gasteiger partial charge in [-0.3, -0.25) is 9.59 Å². The Kier molecular flexibility index (Phi) is 8.15. The van der Waals surface area contributed by atoms with Crippen molar-refractivity contribution in [3.8, 4) is 28.7 Å². The van der Waals surface area contributed by atoms with Crippen molar-refractivity contribution in [1.82, 2.24) is 9.97 Å². The van der Waals surface area contributed by atoms with Gasteiger partial charge in [-0.15, -0.1) is 0 Å². The molecular formula is C28H26N2O7. The zero-order valence-corrected chi connectivity index (χ0v) is 20.7. The highest BCUT2D eigenvalue weighted by Crippen LogP contribution is 2.25. The molecule has 9 heteroatoms. The minimum Gasteiger partial charge on any atom is -0.497 e. The van der Waals surface area contributed by atoms with Gasteiger partial charge in [-0.05, 0) is 54.1 Å². The van der Waals surface area contributed by atoms with E-state index in [0.29, 0.717) is 17.3 Å². The van der Waals surface area contributed by atoms with Gasteiger partial charge in [0, 0.05) is 18.2 Å². The Bertz CT molecular complexity index is 1350. The molecule has 2 aromatic carbocycles. The number of carbonyl (C=O) groups is 2. The number of hydrogen-bond donors (Lipinski definition) is 0. The lowest BCUT2D eigenvalue weighted by molar-refractivity contribution is -0.143. The summed E-state index contributed by atoms with van der Waals surface area (Å²) in [6, 6.07) is 18.5. The lowest BCUT2D eigenvalue weighted by Crippen LogP contribution is -2.28. The Balaban J connectivity index is 0.000000335. The van der Waals surface area contributed by atoms with Crippen LogP contribution in [0.5, 0.6) is 17.2 Å². The number of methoxy groups -OCH3 is 3. The van der Waals surface area contributed by atoms with Gasteiger partial charge < -0.3 is 23.4 Å². The molecule has 0 aliphatic carbocycles. The van der Waals surface area contributed by atoms with Crippen LogP contribution in [0.25, 0.3) is 11.5 Å². The number of esters is 1. The summed E-state index contributed by atoms with van der Waals surface area (Å²) in [6.07, 6.45) is 2.88.